The van der Waals surface area contributed by atoms with Crippen LogP contribution in [-0.2, 0) is 9.47 Å². The van der Waals surface area contributed by atoms with Gasteiger partial charge in [0.1, 0.15) is 12.2 Å². The Kier molecular flexibility index (Phi) is 6.08. The van der Waals surface area contributed by atoms with E-state index in [0.717, 1.165) is 19.4 Å². The number of aliphatic hydroxyl groups excluding tert-OH is 2. The van der Waals surface area contributed by atoms with Gasteiger partial charge in [-0.05, 0) is 31.5 Å². The van der Waals surface area contributed by atoms with Gasteiger partial charge in [-0.2, -0.15) is 0 Å². The van der Waals surface area contributed by atoms with Crippen LogP contribution in [-0.4, -0.2) is 84.8 Å². The van der Waals surface area contributed by atoms with Crippen LogP contribution in [0.3, 0.4) is 0 Å². The monoisotopic (exact) mass is 354 g/mol. The smallest absolute Gasteiger partial charge is 0.287 e. The fourth-order valence-electron chi connectivity index (χ4n) is 3.86. The van der Waals surface area contributed by atoms with Crippen molar-refractivity contribution in [2.45, 2.75) is 43.2 Å². The van der Waals surface area contributed by atoms with Gasteiger partial charge in [-0.3, -0.25) is 9.69 Å². The van der Waals surface area contributed by atoms with Gasteiger partial charge in [0.25, 0.3) is 5.91 Å². The summed E-state index contributed by atoms with van der Waals surface area (Å²) < 4.78 is 16.2. The molecule has 8 heteroatoms. The Morgan fingerprint density at radius 2 is 2.32 bits per heavy atom. The van der Waals surface area contributed by atoms with Gasteiger partial charge in [-0.15, -0.1) is 0 Å². The largest absolute Gasteiger partial charge is 0.459 e. The van der Waals surface area contributed by atoms with E-state index in [-0.39, 0.29) is 36.9 Å². The molecule has 5 unspecified atom stereocenters. The van der Waals surface area contributed by atoms with Gasteiger partial charge < -0.3 is 29.4 Å². The number of aliphatic hydroxyl groups is 2. The zero-order chi connectivity index (χ0) is 17.8. The number of carbonyl (C=O) groups is 1. The molecular weight excluding hydrogens is 328 g/mol. The van der Waals surface area contributed by atoms with Crippen molar-refractivity contribution in [2.24, 2.45) is 0 Å². The molecule has 3 rings (SSSR count). The van der Waals surface area contributed by atoms with Crippen molar-refractivity contribution >= 4 is 5.91 Å². The SMILES string of the molecule is COCC1CCCN1C1C(CNC(=O)c2ccco2)OC(CO)C1O. The minimum Gasteiger partial charge on any atom is -0.459 e. The summed E-state index contributed by atoms with van der Waals surface area (Å²) in [6, 6.07) is 3.14. The van der Waals surface area contributed by atoms with Crippen molar-refractivity contribution < 1.29 is 28.9 Å². The molecule has 3 heterocycles. The number of nitrogens with zero attached hydrogens (tertiary/aromatic N) is 1. The van der Waals surface area contributed by atoms with Crippen LogP contribution in [0, 0.1) is 0 Å². The molecular formula is C17H26N2O6. The summed E-state index contributed by atoms with van der Waals surface area (Å²) in [6.45, 7) is 1.38. The first kappa shape index (κ1) is 18.3. The van der Waals surface area contributed by atoms with Crippen LogP contribution >= 0.6 is 0 Å². The van der Waals surface area contributed by atoms with Crippen molar-refractivity contribution in [3.05, 3.63) is 24.2 Å². The maximum absolute atomic E-state index is 12.1. The Morgan fingerprint density at radius 3 is 3.00 bits per heavy atom. The molecule has 140 valence electrons. The zero-order valence-electron chi connectivity index (χ0n) is 14.3. The topological polar surface area (TPSA) is 104 Å². The predicted octanol–water partition coefficient (Wildman–Crippen LogP) is -0.391. The van der Waals surface area contributed by atoms with E-state index in [1.54, 1.807) is 19.2 Å². The second kappa shape index (κ2) is 8.29. The van der Waals surface area contributed by atoms with Crippen LogP contribution in [0.15, 0.2) is 22.8 Å². The zero-order valence-corrected chi connectivity index (χ0v) is 14.3. The lowest BCUT2D eigenvalue weighted by Crippen LogP contribution is -2.53. The van der Waals surface area contributed by atoms with Crippen molar-refractivity contribution in [2.75, 3.05) is 33.4 Å². The number of carbonyl (C=O) groups excluding carboxylic acids is 1. The summed E-state index contributed by atoms with van der Waals surface area (Å²) in [6.07, 6.45) is 1.57. The molecule has 2 fully saturated rings. The molecule has 0 aromatic carbocycles. The number of furan rings is 1. The molecule has 8 nitrogen and oxygen atoms in total. The Hall–Kier alpha value is -1.45. The molecule has 0 saturated carbocycles. The van der Waals surface area contributed by atoms with Crippen LogP contribution in [0.1, 0.15) is 23.4 Å². The summed E-state index contributed by atoms with van der Waals surface area (Å²) in [5.41, 5.74) is 0. The first-order chi connectivity index (χ1) is 12.2. The molecule has 0 bridgehead atoms. The molecule has 2 aliphatic rings. The lowest BCUT2D eigenvalue weighted by Gasteiger charge is -2.34. The Bertz CT molecular complexity index is 551. The summed E-state index contributed by atoms with van der Waals surface area (Å²) in [5, 5.41) is 22.9. The highest BCUT2D eigenvalue weighted by Gasteiger charge is 2.48. The average molecular weight is 354 g/mol. The first-order valence-electron chi connectivity index (χ1n) is 8.66. The first-order valence-corrected chi connectivity index (χ1v) is 8.66. The van der Waals surface area contributed by atoms with Crippen LogP contribution in [0.25, 0.3) is 0 Å². The van der Waals surface area contributed by atoms with Crippen molar-refractivity contribution in [1.82, 2.24) is 10.2 Å². The summed E-state index contributed by atoms with van der Waals surface area (Å²) in [4.78, 5) is 14.3. The minimum atomic E-state index is -0.812. The van der Waals surface area contributed by atoms with E-state index in [1.807, 2.05) is 0 Å². The summed E-state index contributed by atoms with van der Waals surface area (Å²) in [7, 11) is 1.66. The van der Waals surface area contributed by atoms with Crippen molar-refractivity contribution in [3.63, 3.8) is 0 Å². The summed E-state index contributed by atoms with van der Waals surface area (Å²) >= 11 is 0. The van der Waals surface area contributed by atoms with Gasteiger partial charge in [0, 0.05) is 19.7 Å². The van der Waals surface area contributed by atoms with E-state index >= 15 is 0 Å². The highest BCUT2D eigenvalue weighted by Crippen LogP contribution is 2.31. The number of hydrogen-bond acceptors (Lipinski definition) is 7. The molecule has 25 heavy (non-hydrogen) atoms. The van der Waals surface area contributed by atoms with Gasteiger partial charge in [-0.25, -0.2) is 0 Å². The maximum atomic E-state index is 12.1. The number of ether oxygens (including phenoxy) is 2. The molecule has 0 spiro atoms. The van der Waals surface area contributed by atoms with Gasteiger partial charge in [0.05, 0.1) is 31.6 Å². The van der Waals surface area contributed by atoms with Crippen molar-refractivity contribution in [1.29, 1.82) is 0 Å². The highest BCUT2D eigenvalue weighted by molar-refractivity contribution is 5.91. The second-order valence-electron chi connectivity index (χ2n) is 6.55. The van der Waals surface area contributed by atoms with E-state index in [0.29, 0.717) is 6.61 Å². The standard InChI is InChI=1S/C17H26N2O6/c1-23-10-11-4-2-6-19(11)15-13(25-14(9-20)16(15)21)8-18-17(22)12-5-3-7-24-12/h3,5,7,11,13-16,20-21H,2,4,6,8-10H2,1H3,(H,18,22). The van der Waals surface area contributed by atoms with Gasteiger partial charge >= 0.3 is 0 Å². The number of hydrogen-bond donors (Lipinski definition) is 3. The number of methoxy groups -OCH3 is 1. The fraction of sp³-hybridized carbons (Fsp3) is 0.706. The van der Waals surface area contributed by atoms with E-state index in [2.05, 4.69) is 10.2 Å². The number of rotatable bonds is 7. The number of nitrogens with one attached hydrogen (secondary N) is 1. The molecule has 0 radical (unpaired) electrons. The van der Waals surface area contributed by atoms with Crippen LogP contribution < -0.4 is 5.32 Å². The van der Waals surface area contributed by atoms with Crippen LogP contribution in [0.5, 0.6) is 0 Å². The quantitative estimate of drug-likeness (QED) is 0.612. The van der Waals surface area contributed by atoms with Gasteiger partial charge in [-0.1, -0.05) is 0 Å². The molecule has 0 aliphatic carbocycles. The Morgan fingerprint density at radius 1 is 1.48 bits per heavy atom. The minimum absolute atomic E-state index is 0.203. The molecule has 5 atom stereocenters. The lowest BCUT2D eigenvalue weighted by molar-refractivity contribution is -0.0209. The highest BCUT2D eigenvalue weighted by atomic mass is 16.5. The third-order valence-corrected chi connectivity index (χ3v) is 5.01. The average Bonchev–Trinajstić information content (AvgIpc) is 3.33. The predicted molar refractivity (Wildman–Crippen MR) is 88.2 cm³/mol. The molecule has 3 N–H and O–H groups in total. The van der Waals surface area contributed by atoms with Gasteiger partial charge in [0.2, 0.25) is 0 Å². The van der Waals surface area contributed by atoms with Crippen LogP contribution in [0.4, 0.5) is 0 Å². The third kappa shape index (κ3) is 3.88. The normalized spacial score (nSPS) is 33.0. The fourth-order valence-corrected chi connectivity index (χ4v) is 3.86. The lowest BCUT2D eigenvalue weighted by atomic mass is 10.0. The molecule has 2 aliphatic heterocycles. The van der Waals surface area contributed by atoms with Gasteiger partial charge in [0.15, 0.2) is 5.76 Å². The maximum Gasteiger partial charge on any atom is 0.287 e. The molecule has 1 amide bonds. The van der Waals surface area contributed by atoms with E-state index in [4.69, 9.17) is 13.9 Å². The molecule has 2 saturated heterocycles. The third-order valence-electron chi connectivity index (χ3n) is 5.01. The Balaban J connectivity index is 1.68. The number of likely N-dealkylation sites (tertiary alicyclic amines) is 1. The summed E-state index contributed by atoms with van der Waals surface area (Å²) in [5.74, 6) is -0.101. The van der Waals surface area contributed by atoms with Crippen LogP contribution in [0.2, 0.25) is 0 Å². The van der Waals surface area contributed by atoms with E-state index in [1.165, 1.54) is 6.26 Å². The Labute approximate surface area is 146 Å². The number of amides is 1. The van der Waals surface area contributed by atoms with E-state index in [9.17, 15) is 15.0 Å². The van der Waals surface area contributed by atoms with E-state index < -0.39 is 18.3 Å². The van der Waals surface area contributed by atoms with Crippen molar-refractivity contribution in [3.8, 4) is 0 Å². The molecule has 1 aromatic heterocycles. The molecule has 1 aromatic rings. The second-order valence-corrected chi connectivity index (χ2v) is 6.55.